The van der Waals surface area contributed by atoms with E-state index in [1.54, 1.807) is 48.5 Å². The van der Waals surface area contributed by atoms with Gasteiger partial charge in [0, 0.05) is 5.69 Å². The Balaban J connectivity index is 1.66. The second-order valence-electron chi connectivity index (χ2n) is 6.14. The van der Waals surface area contributed by atoms with Crippen molar-refractivity contribution in [1.82, 2.24) is 4.90 Å². The molecular weight excluding hydrogens is 370 g/mol. The molecular formula is C22H19N3O4. The monoisotopic (exact) mass is 389 g/mol. The molecule has 0 radical (unpaired) electrons. The number of nitrogens with zero attached hydrogens (tertiary/aromatic N) is 2. The van der Waals surface area contributed by atoms with Crippen molar-refractivity contribution >= 4 is 17.5 Å². The molecule has 0 bridgehead atoms. The molecule has 2 aromatic carbocycles. The summed E-state index contributed by atoms with van der Waals surface area (Å²) >= 11 is 0. The van der Waals surface area contributed by atoms with E-state index in [1.807, 2.05) is 24.3 Å². The van der Waals surface area contributed by atoms with Gasteiger partial charge in [-0.05, 0) is 36.4 Å². The van der Waals surface area contributed by atoms with Crippen LogP contribution in [0.25, 0.3) is 0 Å². The third-order valence-electron chi connectivity index (χ3n) is 4.03. The molecule has 0 spiro atoms. The summed E-state index contributed by atoms with van der Waals surface area (Å²) in [4.78, 5) is 26.5. The van der Waals surface area contributed by atoms with Gasteiger partial charge in [-0.3, -0.25) is 9.59 Å². The third kappa shape index (κ3) is 5.71. The number of hydrogen-bond donors (Lipinski definition) is 1. The van der Waals surface area contributed by atoms with E-state index >= 15 is 0 Å². The normalized spacial score (nSPS) is 10.0. The van der Waals surface area contributed by atoms with Gasteiger partial charge in [-0.1, -0.05) is 30.3 Å². The molecule has 3 aromatic rings. The predicted octanol–water partition coefficient (Wildman–Crippen LogP) is 3.20. The molecule has 1 aromatic heterocycles. The number of anilines is 1. The van der Waals surface area contributed by atoms with Crippen LogP contribution >= 0.6 is 0 Å². The minimum absolute atomic E-state index is 0.122. The van der Waals surface area contributed by atoms with Gasteiger partial charge in [0.2, 0.25) is 5.91 Å². The first-order valence-corrected chi connectivity index (χ1v) is 8.92. The molecule has 0 aliphatic heterocycles. The van der Waals surface area contributed by atoms with E-state index in [9.17, 15) is 9.59 Å². The predicted molar refractivity (Wildman–Crippen MR) is 106 cm³/mol. The van der Waals surface area contributed by atoms with Crippen LogP contribution in [0.4, 0.5) is 5.69 Å². The van der Waals surface area contributed by atoms with Crippen LogP contribution in [0.2, 0.25) is 0 Å². The number of benzene rings is 2. The number of para-hydroxylation sites is 2. The SMILES string of the molecule is N#Cc1ccccc1OCC(=O)N(CC(=O)Nc1ccccc1)Cc1ccco1. The number of carbonyl (C=O) groups is 2. The van der Waals surface area contributed by atoms with Crippen LogP contribution in [0, 0.1) is 11.3 Å². The first kappa shape index (κ1) is 19.7. The maximum absolute atomic E-state index is 12.7. The second kappa shape index (κ2) is 9.76. The Labute approximate surface area is 168 Å². The second-order valence-corrected chi connectivity index (χ2v) is 6.14. The van der Waals surface area contributed by atoms with Crippen LogP contribution in [0.3, 0.4) is 0 Å². The molecule has 0 saturated heterocycles. The summed E-state index contributed by atoms with van der Waals surface area (Å²) in [6.45, 7) is -0.354. The summed E-state index contributed by atoms with van der Waals surface area (Å²) < 4.78 is 10.8. The van der Waals surface area contributed by atoms with E-state index in [-0.39, 0.29) is 25.6 Å². The van der Waals surface area contributed by atoms with Gasteiger partial charge < -0.3 is 19.4 Å². The number of nitrogens with one attached hydrogen (secondary N) is 1. The van der Waals surface area contributed by atoms with Crippen molar-refractivity contribution in [3.05, 3.63) is 84.3 Å². The fourth-order valence-electron chi connectivity index (χ4n) is 2.63. The molecule has 146 valence electrons. The molecule has 7 heteroatoms. The Morgan fingerprint density at radius 3 is 2.52 bits per heavy atom. The minimum Gasteiger partial charge on any atom is -0.482 e. The van der Waals surface area contributed by atoms with Crippen LogP contribution in [-0.4, -0.2) is 29.9 Å². The standard InChI is InChI=1S/C22H19N3O4/c23-13-17-7-4-5-11-20(17)29-16-22(27)25(14-19-10-6-12-28-19)15-21(26)24-18-8-2-1-3-9-18/h1-12H,14-16H2,(H,24,26). The summed E-state index contributed by atoms with van der Waals surface area (Å²) in [5, 5.41) is 11.9. The number of ether oxygens (including phenoxy) is 1. The van der Waals surface area contributed by atoms with Crippen LogP contribution in [-0.2, 0) is 16.1 Å². The number of hydrogen-bond acceptors (Lipinski definition) is 5. The number of nitriles is 1. The summed E-state index contributed by atoms with van der Waals surface area (Å²) in [6, 6.07) is 21.1. The molecule has 3 rings (SSSR count). The average Bonchev–Trinajstić information content (AvgIpc) is 3.25. The van der Waals surface area contributed by atoms with Gasteiger partial charge >= 0.3 is 0 Å². The molecule has 2 amide bonds. The van der Waals surface area contributed by atoms with E-state index in [4.69, 9.17) is 14.4 Å². The zero-order valence-corrected chi connectivity index (χ0v) is 15.6. The van der Waals surface area contributed by atoms with Gasteiger partial charge in [-0.25, -0.2) is 0 Å². The van der Waals surface area contributed by atoms with Crippen LogP contribution < -0.4 is 10.1 Å². The Morgan fingerprint density at radius 1 is 1.03 bits per heavy atom. The van der Waals surface area contributed by atoms with Crippen LogP contribution in [0.5, 0.6) is 5.75 Å². The van der Waals surface area contributed by atoms with Crippen molar-refractivity contribution < 1.29 is 18.7 Å². The first-order valence-electron chi connectivity index (χ1n) is 8.92. The van der Waals surface area contributed by atoms with Gasteiger partial charge in [0.15, 0.2) is 6.61 Å². The zero-order valence-electron chi connectivity index (χ0n) is 15.6. The molecule has 1 heterocycles. The Kier molecular flexibility index (Phi) is 6.63. The molecule has 1 N–H and O–H groups in total. The van der Waals surface area contributed by atoms with Gasteiger partial charge in [0.25, 0.3) is 5.91 Å². The molecule has 0 aliphatic carbocycles. The van der Waals surface area contributed by atoms with E-state index in [0.29, 0.717) is 22.8 Å². The molecule has 29 heavy (non-hydrogen) atoms. The van der Waals surface area contributed by atoms with Crippen molar-refractivity contribution in [2.45, 2.75) is 6.54 Å². The van der Waals surface area contributed by atoms with Crippen molar-refractivity contribution in [2.24, 2.45) is 0 Å². The molecule has 0 aliphatic rings. The lowest BCUT2D eigenvalue weighted by Gasteiger charge is -2.21. The molecule has 0 fully saturated rings. The lowest BCUT2D eigenvalue weighted by molar-refractivity contribution is -0.137. The van der Waals surface area contributed by atoms with E-state index < -0.39 is 5.91 Å². The third-order valence-corrected chi connectivity index (χ3v) is 4.03. The largest absolute Gasteiger partial charge is 0.482 e. The Morgan fingerprint density at radius 2 is 1.79 bits per heavy atom. The average molecular weight is 389 g/mol. The number of rotatable bonds is 8. The lowest BCUT2D eigenvalue weighted by atomic mass is 10.2. The highest BCUT2D eigenvalue weighted by atomic mass is 16.5. The van der Waals surface area contributed by atoms with E-state index in [2.05, 4.69) is 5.32 Å². The quantitative estimate of drug-likeness (QED) is 0.638. The molecule has 7 nitrogen and oxygen atoms in total. The number of carbonyl (C=O) groups excluding carboxylic acids is 2. The fourth-order valence-corrected chi connectivity index (χ4v) is 2.63. The highest BCUT2D eigenvalue weighted by molar-refractivity contribution is 5.94. The molecule has 0 atom stereocenters. The van der Waals surface area contributed by atoms with Crippen molar-refractivity contribution in [2.75, 3.05) is 18.5 Å². The maximum atomic E-state index is 12.7. The minimum atomic E-state index is -0.405. The number of furan rings is 1. The molecule has 0 unspecified atom stereocenters. The fraction of sp³-hybridized carbons (Fsp3) is 0.136. The van der Waals surface area contributed by atoms with Gasteiger partial charge in [-0.15, -0.1) is 0 Å². The number of amides is 2. The maximum Gasteiger partial charge on any atom is 0.261 e. The van der Waals surface area contributed by atoms with Gasteiger partial charge in [-0.2, -0.15) is 5.26 Å². The van der Waals surface area contributed by atoms with Crippen LogP contribution in [0.1, 0.15) is 11.3 Å². The molecule has 0 saturated carbocycles. The summed E-state index contributed by atoms with van der Waals surface area (Å²) in [7, 11) is 0. The highest BCUT2D eigenvalue weighted by Gasteiger charge is 2.20. The first-order chi connectivity index (χ1) is 14.2. The lowest BCUT2D eigenvalue weighted by Crippen LogP contribution is -2.40. The van der Waals surface area contributed by atoms with Crippen LogP contribution in [0.15, 0.2) is 77.4 Å². The summed E-state index contributed by atoms with van der Waals surface area (Å²) in [5.41, 5.74) is 0.974. The highest BCUT2D eigenvalue weighted by Crippen LogP contribution is 2.17. The summed E-state index contributed by atoms with van der Waals surface area (Å²) in [6.07, 6.45) is 1.50. The Hall–Kier alpha value is -4.05. The van der Waals surface area contributed by atoms with E-state index in [1.165, 1.54) is 11.2 Å². The topological polar surface area (TPSA) is 95.6 Å². The van der Waals surface area contributed by atoms with Crippen molar-refractivity contribution in [3.8, 4) is 11.8 Å². The van der Waals surface area contributed by atoms with Gasteiger partial charge in [0.1, 0.15) is 24.1 Å². The van der Waals surface area contributed by atoms with E-state index in [0.717, 1.165) is 0 Å². The summed E-state index contributed by atoms with van der Waals surface area (Å²) in [5.74, 6) is 0.115. The smallest absolute Gasteiger partial charge is 0.261 e. The van der Waals surface area contributed by atoms with Gasteiger partial charge in [0.05, 0.1) is 18.4 Å². The van der Waals surface area contributed by atoms with Crippen molar-refractivity contribution in [1.29, 1.82) is 5.26 Å². The van der Waals surface area contributed by atoms with Crippen molar-refractivity contribution in [3.63, 3.8) is 0 Å². The zero-order chi connectivity index (χ0) is 20.5. The Bertz CT molecular complexity index is 994.